The summed E-state index contributed by atoms with van der Waals surface area (Å²) in [4.78, 5) is 2.31. The topological polar surface area (TPSA) is 58.7 Å². The predicted octanol–water partition coefficient (Wildman–Crippen LogP) is 2.46. The van der Waals surface area contributed by atoms with Crippen molar-refractivity contribution in [2.45, 2.75) is 44.7 Å². The molecular formula is C16H26N2O2. The van der Waals surface area contributed by atoms with Gasteiger partial charge in [-0.2, -0.15) is 0 Å². The summed E-state index contributed by atoms with van der Waals surface area (Å²) in [5.74, 6) is 0.832. The van der Waals surface area contributed by atoms with Crippen molar-refractivity contribution in [2.75, 3.05) is 25.2 Å². The van der Waals surface area contributed by atoms with Crippen molar-refractivity contribution in [3.63, 3.8) is 0 Å². The van der Waals surface area contributed by atoms with Crippen LogP contribution in [0, 0.1) is 0 Å². The highest BCUT2D eigenvalue weighted by Gasteiger charge is 2.25. The number of rotatable bonds is 4. The summed E-state index contributed by atoms with van der Waals surface area (Å²) < 4.78 is 5.47. The average Bonchev–Trinajstić information content (AvgIpc) is 2.71. The minimum Gasteiger partial charge on any atom is -0.496 e. The van der Waals surface area contributed by atoms with Gasteiger partial charge in [0.25, 0.3) is 0 Å². The van der Waals surface area contributed by atoms with Gasteiger partial charge in [-0.3, -0.25) is 0 Å². The van der Waals surface area contributed by atoms with Gasteiger partial charge in [-0.15, -0.1) is 0 Å². The summed E-state index contributed by atoms with van der Waals surface area (Å²) in [7, 11) is 1.68. The highest BCUT2D eigenvalue weighted by Crippen LogP contribution is 2.36. The number of aliphatic hydroxyl groups excluding tert-OH is 1. The van der Waals surface area contributed by atoms with Gasteiger partial charge >= 0.3 is 0 Å². The molecule has 1 aromatic carbocycles. The molecule has 1 aliphatic rings. The smallest absolute Gasteiger partial charge is 0.125 e. The molecule has 0 bridgehead atoms. The van der Waals surface area contributed by atoms with Crippen molar-refractivity contribution in [1.82, 2.24) is 0 Å². The molecule has 112 valence electrons. The van der Waals surface area contributed by atoms with E-state index in [1.807, 2.05) is 19.1 Å². The first-order valence-electron chi connectivity index (χ1n) is 7.49. The molecule has 1 saturated heterocycles. The summed E-state index contributed by atoms with van der Waals surface area (Å²) in [6.45, 7) is 3.14. The second-order valence-electron chi connectivity index (χ2n) is 5.56. The van der Waals surface area contributed by atoms with Gasteiger partial charge in [0.15, 0.2) is 0 Å². The number of benzene rings is 1. The van der Waals surface area contributed by atoms with Crippen LogP contribution in [0.4, 0.5) is 5.69 Å². The second kappa shape index (κ2) is 6.95. The van der Waals surface area contributed by atoms with E-state index >= 15 is 0 Å². The molecule has 2 unspecified atom stereocenters. The maximum absolute atomic E-state index is 9.70. The molecule has 0 amide bonds. The molecule has 0 saturated carbocycles. The maximum atomic E-state index is 9.70. The molecule has 0 radical (unpaired) electrons. The lowest BCUT2D eigenvalue weighted by molar-refractivity contribution is 0.255. The van der Waals surface area contributed by atoms with E-state index in [2.05, 4.69) is 11.0 Å². The number of hydrogen-bond donors (Lipinski definition) is 2. The normalized spacial score (nSPS) is 21.4. The zero-order valence-electron chi connectivity index (χ0n) is 12.5. The first-order valence-corrected chi connectivity index (χ1v) is 7.49. The Kier molecular flexibility index (Phi) is 5.26. The number of nitrogens with zero attached hydrogens (tertiary/aromatic N) is 1. The van der Waals surface area contributed by atoms with E-state index in [9.17, 15) is 5.11 Å². The molecule has 3 N–H and O–H groups in total. The quantitative estimate of drug-likeness (QED) is 0.888. The Morgan fingerprint density at radius 1 is 1.40 bits per heavy atom. The van der Waals surface area contributed by atoms with Crippen LogP contribution in [-0.2, 0) is 0 Å². The zero-order chi connectivity index (χ0) is 14.5. The molecule has 0 aliphatic carbocycles. The third kappa shape index (κ3) is 3.07. The zero-order valence-corrected chi connectivity index (χ0v) is 12.5. The third-order valence-corrected chi connectivity index (χ3v) is 4.12. The fourth-order valence-corrected chi connectivity index (χ4v) is 3.10. The molecule has 0 aromatic heterocycles. The lowest BCUT2D eigenvalue weighted by Gasteiger charge is -2.33. The van der Waals surface area contributed by atoms with Crippen molar-refractivity contribution >= 4 is 5.69 Å². The first kappa shape index (κ1) is 15.1. The summed E-state index contributed by atoms with van der Waals surface area (Å²) in [5.41, 5.74) is 8.30. The molecule has 20 heavy (non-hydrogen) atoms. The second-order valence-corrected chi connectivity index (χ2v) is 5.56. The number of nitrogens with two attached hydrogens (primary N) is 1. The van der Waals surface area contributed by atoms with Gasteiger partial charge in [0.2, 0.25) is 0 Å². The van der Waals surface area contributed by atoms with Crippen LogP contribution in [0.3, 0.4) is 0 Å². The standard InChI is InChI=1S/C16H26N2O2/c1-12(17)16-14(8-6-9-15(16)20-2)18-10-5-3-4-7-13(18)11-19/h6,8-9,12-13,19H,3-5,7,10-11,17H2,1-2H3. The Bertz CT molecular complexity index is 434. The van der Waals surface area contributed by atoms with Crippen LogP contribution >= 0.6 is 0 Å². The van der Waals surface area contributed by atoms with Gasteiger partial charge < -0.3 is 20.5 Å². The van der Waals surface area contributed by atoms with Crippen molar-refractivity contribution in [3.8, 4) is 5.75 Å². The van der Waals surface area contributed by atoms with Gasteiger partial charge in [0, 0.05) is 23.8 Å². The van der Waals surface area contributed by atoms with Crippen LogP contribution in [0.25, 0.3) is 0 Å². The number of ether oxygens (including phenoxy) is 1. The van der Waals surface area contributed by atoms with E-state index < -0.39 is 0 Å². The fraction of sp³-hybridized carbons (Fsp3) is 0.625. The number of anilines is 1. The molecule has 0 spiro atoms. The van der Waals surface area contributed by atoms with Crippen molar-refractivity contribution in [3.05, 3.63) is 23.8 Å². The average molecular weight is 278 g/mol. The van der Waals surface area contributed by atoms with E-state index in [1.54, 1.807) is 7.11 Å². The van der Waals surface area contributed by atoms with Gasteiger partial charge in [-0.25, -0.2) is 0 Å². The maximum Gasteiger partial charge on any atom is 0.125 e. The monoisotopic (exact) mass is 278 g/mol. The number of methoxy groups -OCH3 is 1. The van der Waals surface area contributed by atoms with Crippen molar-refractivity contribution < 1.29 is 9.84 Å². The van der Waals surface area contributed by atoms with Gasteiger partial charge in [0.1, 0.15) is 5.75 Å². The molecule has 4 heteroatoms. The molecule has 4 nitrogen and oxygen atoms in total. The molecule has 1 aromatic rings. The molecule has 2 atom stereocenters. The van der Waals surface area contributed by atoms with Crippen molar-refractivity contribution in [1.29, 1.82) is 0 Å². The molecular weight excluding hydrogens is 252 g/mol. The summed E-state index contributed by atoms with van der Waals surface area (Å²) in [5, 5.41) is 9.70. The van der Waals surface area contributed by atoms with Crippen LogP contribution in [0.2, 0.25) is 0 Å². The van der Waals surface area contributed by atoms with Crippen molar-refractivity contribution in [2.24, 2.45) is 5.73 Å². The van der Waals surface area contributed by atoms with E-state index in [-0.39, 0.29) is 18.7 Å². The van der Waals surface area contributed by atoms with E-state index in [4.69, 9.17) is 10.5 Å². The van der Waals surface area contributed by atoms with E-state index in [0.717, 1.165) is 36.4 Å². The molecule has 1 fully saturated rings. The SMILES string of the molecule is COc1cccc(N2CCCCCC2CO)c1C(C)N. The largest absolute Gasteiger partial charge is 0.496 e. The predicted molar refractivity (Wildman–Crippen MR) is 82.3 cm³/mol. The van der Waals surface area contributed by atoms with Gasteiger partial charge in [-0.1, -0.05) is 18.9 Å². The van der Waals surface area contributed by atoms with Crippen LogP contribution in [-0.4, -0.2) is 31.4 Å². The lowest BCUT2D eigenvalue weighted by atomic mass is 10.0. The van der Waals surface area contributed by atoms with Gasteiger partial charge in [-0.05, 0) is 31.9 Å². The van der Waals surface area contributed by atoms with Crippen LogP contribution in [0.1, 0.15) is 44.2 Å². The summed E-state index contributed by atoms with van der Waals surface area (Å²) in [6.07, 6.45) is 4.60. The highest BCUT2D eigenvalue weighted by molar-refractivity contribution is 5.61. The highest BCUT2D eigenvalue weighted by atomic mass is 16.5. The fourth-order valence-electron chi connectivity index (χ4n) is 3.10. The van der Waals surface area contributed by atoms with Crippen LogP contribution in [0.15, 0.2) is 18.2 Å². The minimum atomic E-state index is -0.0938. The third-order valence-electron chi connectivity index (χ3n) is 4.12. The Labute approximate surface area is 121 Å². The summed E-state index contributed by atoms with van der Waals surface area (Å²) >= 11 is 0. The molecule has 1 aliphatic heterocycles. The number of hydrogen-bond acceptors (Lipinski definition) is 4. The molecule has 1 heterocycles. The summed E-state index contributed by atoms with van der Waals surface area (Å²) in [6, 6.07) is 6.13. The van der Waals surface area contributed by atoms with Crippen LogP contribution in [0.5, 0.6) is 5.75 Å². The Balaban J connectivity index is 2.43. The van der Waals surface area contributed by atoms with Gasteiger partial charge in [0.05, 0.1) is 19.8 Å². The number of aliphatic hydroxyl groups is 1. The first-order chi connectivity index (χ1) is 9.69. The Morgan fingerprint density at radius 2 is 2.20 bits per heavy atom. The molecule has 2 rings (SSSR count). The Morgan fingerprint density at radius 3 is 2.85 bits per heavy atom. The lowest BCUT2D eigenvalue weighted by Crippen LogP contribution is -2.38. The minimum absolute atomic E-state index is 0.0938. The Hall–Kier alpha value is -1.26. The van der Waals surface area contributed by atoms with E-state index in [0.29, 0.717) is 0 Å². The van der Waals surface area contributed by atoms with E-state index in [1.165, 1.54) is 12.8 Å². The van der Waals surface area contributed by atoms with Crippen LogP contribution < -0.4 is 15.4 Å².